The first-order valence-electron chi connectivity index (χ1n) is 10.8. The Morgan fingerprint density at radius 3 is 2.72 bits per heavy atom. The number of nitrogens with two attached hydrogens (primary N) is 1. The van der Waals surface area contributed by atoms with E-state index in [1.807, 2.05) is 6.92 Å². The Labute approximate surface area is 204 Å². The highest BCUT2D eigenvalue weighted by atomic mass is 19.1. The topological polar surface area (TPSA) is 174 Å². The molecule has 0 radical (unpaired) electrons. The summed E-state index contributed by atoms with van der Waals surface area (Å²) in [4.78, 5) is 43.5. The number of aromatic nitrogens is 5. The van der Waals surface area contributed by atoms with Crippen LogP contribution in [0.2, 0.25) is 0 Å². The summed E-state index contributed by atoms with van der Waals surface area (Å²) in [6.07, 6.45) is 2.88. The molecule has 3 heterocycles. The number of H-pyrrole nitrogens is 1. The number of nitrogens with zero attached hydrogens (tertiary/aromatic N) is 4. The molecule has 1 amide bonds. The minimum Gasteiger partial charge on any atom is -0.434 e. The van der Waals surface area contributed by atoms with Gasteiger partial charge in [-0.1, -0.05) is 0 Å². The van der Waals surface area contributed by atoms with Gasteiger partial charge in [0, 0.05) is 31.5 Å². The molecule has 36 heavy (non-hydrogen) atoms. The van der Waals surface area contributed by atoms with Crippen molar-refractivity contribution < 1.29 is 18.3 Å². The van der Waals surface area contributed by atoms with Crippen molar-refractivity contribution in [3.63, 3.8) is 0 Å². The number of nitrogen functional groups attached to an aromatic ring is 1. The van der Waals surface area contributed by atoms with Gasteiger partial charge in [-0.05, 0) is 37.3 Å². The third-order valence-electron chi connectivity index (χ3n) is 4.92. The number of carbonyl (C=O) groups excluding carboxylic acids is 1. The van der Waals surface area contributed by atoms with Crippen LogP contribution in [0.15, 0.2) is 51.9 Å². The Hall–Kier alpha value is -4.65. The fourth-order valence-corrected chi connectivity index (χ4v) is 3.24. The predicted molar refractivity (Wildman–Crippen MR) is 129 cm³/mol. The summed E-state index contributed by atoms with van der Waals surface area (Å²) in [5.74, 6) is -0.161. The van der Waals surface area contributed by atoms with Crippen LogP contribution in [0.4, 0.5) is 16.2 Å². The summed E-state index contributed by atoms with van der Waals surface area (Å²) in [5, 5.41) is 5.83. The predicted octanol–water partition coefficient (Wildman–Crippen LogP) is 1.83. The largest absolute Gasteiger partial charge is 0.434 e. The minimum absolute atomic E-state index is 0.0386. The van der Waals surface area contributed by atoms with Crippen LogP contribution in [0.5, 0.6) is 0 Å². The van der Waals surface area contributed by atoms with Gasteiger partial charge in [0.1, 0.15) is 23.8 Å². The number of ether oxygens (including phenoxy) is 1. The maximum atomic E-state index is 13.4. The second-order valence-corrected chi connectivity index (χ2v) is 7.76. The van der Waals surface area contributed by atoms with Crippen LogP contribution in [0.1, 0.15) is 6.92 Å². The van der Waals surface area contributed by atoms with Gasteiger partial charge in [0.2, 0.25) is 17.7 Å². The van der Waals surface area contributed by atoms with Gasteiger partial charge in [0.05, 0.1) is 11.9 Å². The van der Waals surface area contributed by atoms with Crippen molar-refractivity contribution >= 4 is 17.7 Å². The van der Waals surface area contributed by atoms with Gasteiger partial charge in [-0.25, -0.2) is 24.3 Å². The molecule has 1 unspecified atom stereocenters. The summed E-state index contributed by atoms with van der Waals surface area (Å²) in [7, 11) is 1.44. The number of hydrogen-bond acceptors (Lipinski definition) is 10. The van der Waals surface area contributed by atoms with E-state index in [0.717, 1.165) is 0 Å². The lowest BCUT2D eigenvalue weighted by Gasteiger charge is -2.14. The van der Waals surface area contributed by atoms with Crippen LogP contribution in [-0.4, -0.2) is 57.1 Å². The minimum atomic E-state index is -0.584. The highest BCUT2D eigenvalue weighted by Gasteiger charge is 2.21. The number of halogens is 1. The molecule has 1 atom stereocenters. The Morgan fingerprint density at radius 1 is 1.22 bits per heavy atom. The van der Waals surface area contributed by atoms with Gasteiger partial charge in [0.15, 0.2) is 11.6 Å². The van der Waals surface area contributed by atoms with Crippen molar-refractivity contribution in [1.29, 1.82) is 0 Å². The second-order valence-electron chi connectivity index (χ2n) is 7.76. The van der Waals surface area contributed by atoms with Crippen molar-refractivity contribution in [2.75, 3.05) is 31.3 Å². The first-order chi connectivity index (χ1) is 17.3. The first kappa shape index (κ1) is 24.5. The molecule has 5 N–H and O–H groups in total. The van der Waals surface area contributed by atoms with Gasteiger partial charge in [0.25, 0.3) is 5.56 Å². The monoisotopic (exact) mass is 494 g/mol. The maximum Gasteiger partial charge on any atom is 0.290 e. The average molecular weight is 494 g/mol. The van der Waals surface area contributed by atoms with Crippen molar-refractivity contribution in [2.24, 2.45) is 0 Å². The van der Waals surface area contributed by atoms with Crippen LogP contribution >= 0.6 is 0 Å². The molecule has 0 aliphatic rings. The van der Waals surface area contributed by atoms with E-state index in [9.17, 15) is 14.0 Å². The van der Waals surface area contributed by atoms with Crippen LogP contribution < -0.4 is 21.9 Å². The number of aromatic amines is 1. The number of benzene rings is 1. The number of oxazole rings is 1. The lowest BCUT2D eigenvalue weighted by atomic mass is 10.2. The molecule has 0 bridgehead atoms. The smallest absolute Gasteiger partial charge is 0.290 e. The zero-order valence-electron chi connectivity index (χ0n) is 19.4. The molecule has 0 fully saturated rings. The Kier molecular flexibility index (Phi) is 7.30. The molecule has 4 rings (SSSR count). The van der Waals surface area contributed by atoms with E-state index in [2.05, 4.69) is 35.6 Å². The fourth-order valence-electron chi connectivity index (χ4n) is 3.24. The number of carbonyl (C=O) groups is 1. The average Bonchev–Trinajstić information content (AvgIpc) is 3.31. The molecule has 0 saturated carbocycles. The van der Waals surface area contributed by atoms with Crippen LogP contribution in [0.3, 0.4) is 0 Å². The van der Waals surface area contributed by atoms with Crippen molar-refractivity contribution in [1.82, 2.24) is 30.2 Å². The summed E-state index contributed by atoms with van der Waals surface area (Å²) < 4.78 is 24.2. The molecular weight excluding hydrogens is 471 g/mol. The maximum absolute atomic E-state index is 13.4. The van der Waals surface area contributed by atoms with Crippen LogP contribution in [0.25, 0.3) is 34.3 Å². The van der Waals surface area contributed by atoms with E-state index >= 15 is 0 Å². The van der Waals surface area contributed by atoms with Crippen LogP contribution in [0, 0.1) is 5.82 Å². The number of anilines is 2. The standard InChI is InChI=1S/C23H23FN8O4/c1-12(29-17(33)11-35-2)9-28-23-26-8-7-15(31-23)19-18(16-10-27-20(25)21(34)30-16)32-22(36-19)13-3-5-14(24)6-4-13/h3-8,10,12H,9,11H2,1-2H3,(H2,25,27)(H,29,33)(H,30,34)(H,26,28,31). The summed E-state index contributed by atoms with van der Waals surface area (Å²) in [6.45, 7) is 2.12. The van der Waals surface area contributed by atoms with Gasteiger partial charge >= 0.3 is 0 Å². The highest BCUT2D eigenvalue weighted by molar-refractivity contribution is 5.77. The molecular formula is C23H23FN8O4. The number of amides is 1. The van der Waals surface area contributed by atoms with E-state index in [1.165, 1.54) is 43.8 Å². The summed E-state index contributed by atoms with van der Waals surface area (Å²) in [6, 6.07) is 6.98. The molecule has 13 heteroatoms. The normalized spacial score (nSPS) is 11.8. The molecule has 0 spiro atoms. The molecule has 0 aliphatic carbocycles. The highest BCUT2D eigenvalue weighted by Crippen LogP contribution is 2.34. The third-order valence-corrected chi connectivity index (χ3v) is 4.92. The first-order valence-corrected chi connectivity index (χ1v) is 10.8. The molecule has 186 valence electrons. The van der Waals surface area contributed by atoms with Crippen molar-refractivity contribution in [2.45, 2.75) is 13.0 Å². The summed E-state index contributed by atoms with van der Waals surface area (Å²) in [5.41, 5.74) is 6.35. The van der Waals surface area contributed by atoms with E-state index < -0.39 is 11.4 Å². The molecule has 12 nitrogen and oxygen atoms in total. The van der Waals surface area contributed by atoms with E-state index in [-0.39, 0.29) is 53.4 Å². The number of rotatable bonds is 9. The molecule has 4 aromatic rings. The number of hydrogen-bond donors (Lipinski definition) is 4. The molecule has 3 aromatic heterocycles. The van der Waals surface area contributed by atoms with Crippen molar-refractivity contribution in [3.05, 3.63) is 58.9 Å². The lowest BCUT2D eigenvalue weighted by molar-refractivity contribution is -0.125. The Morgan fingerprint density at radius 2 is 2.00 bits per heavy atom. The number of methoxy groups -OCH3 is 1. The zero-order chi connectivity index (χ0) is 25.7. The quantitative estimate of drug-likeness (QED) is 0.269. The van der Waals surface area contributed by atoms with Gasteiger partial charge < -0.3 is 30.5 Å². The third kappa shape index (κ3) is 5.70. The molecule has 1 aromatic carbocycles. The lowest BCUT2D eigenvalue weighted by Crippen LogP contribution is -2.39. The Bertz CT molecular complexity index is 1420. The van der Waals surface area contributed by atoms with E-state index in [4.69, 9.17) is 14.9 Å². The van der Waals surface area contributed by atoms with Gasteiger partial charge in [-0.3, -0.25) is 9.59 Å². The SMILES string of the molecule is COCC(=O)NC(C)CNc1nccc(-c2oc(-c3ccc(F)cc3)nc2-c2cnc(N)c(=O)[nH]2)n1. The summed E-state index contributed by atoms with van der Waals surface area (Å²) >= 11 is 0. The second kappa shape index (κ2) is 10.7. The zero-order valence-corrected chi connectivity index (χ0v) is 19.4. The van der Waals surface area contributed by atoms with Gasteiger partial charge in [-0.2, -0.15) is 0 Å². The van der Waals surface area contributed by atoms with Crippen LogP contribution in [-0.2, 0) is 9.53 Å². The molecule has 0 saturated heterocycles. The Balaban J connectivity index is 1.67. The van der Waals surface area contributed by atoms with E-state index in [0.29, 0.717) is 17.8 Å². The van der Waals surface area contributed by atoms with Gasteiger partial charge in [-0.15, -0.1) is 0 Å². The fraction of sp³-hybridized carbons (Fsp3) is 0.217. The van der Waals surface area contributed by atoms with E-state index in [1.54, 1.807) is 6.07 Å². The van der Waals surface area contributed by atoms with Crippen molar-refractivity contribution in [3.8, 4) is 34.3 Å². The number of nitrogens with one attached hydrogen (secondary N) is 3. The molecule has 0 aliphatic heterocycles.